The molecule has 2 nitrogen and oxygen atoms in total. The van der Waals surface area contributed by atoms with Crippen molar-refractivity contribution in [3.05, 3.63) is 0 Å². The Morgan fingerprint density at radius 3 is 2.20 bits per heavy atom. The second kappa shape index (κ2) is 2.84. The van der Waals surface area contributed by atoms with E-state index in [1.54, 1.807) is 0 Å². The Morgan fingerprint density at radius 1 is 1.40 bits per heavy atom. The van der Waals surface area contributed by atoms with Gasteiger partial charge in [-0.2, -0.15) is 0 Å². The molecule has 0 amide bonds. The first-order valence-corrected chi connectivity index (χ1v) is 3.60. The van der Waals surface area contributed by atoms with Crippen LogP contribution in [0.3, 0.4) is 0 Å². The molecular formula is C7H15FN2. The molecule has 0 radical (unpaired) electrons. The first-order valence-electron chi connectivity index (χ1n) is 3.60. The van der Waals surface area contributed by atoms with Crippen LogP contribution in [-0.4, -0.2) is 56.2 Å². The van der Waals surface area contributed by atoms with Crippen molar-refractivity contribution in [2.75, 3.05) is 34.2 Å². The van der Waals surface area contributed by atoms with Gasteiger partial charge in [0.05, 0.1) is 6.04 Å². The zero-order chi connectivity index (χ0) is 7.72. The van der Waals surface area contributed by atoms with E-state index in [4.69, 9.17) is 0 Å². The molecule has 0 aromatic heterocycles. The number of alkyl halides is 1. The van der Waals surface area contributed by atoms with Crippen LogP contribution in [0.2, 0.25) is 0 Å². The Balaban J connectivity index is 2.46. The third-order valence-corrected chi connectivity index (χ3v) is 2.07. The van der Waals surface area contributed by atoms with Gasteiger partial charge in [0, 0.05) is 13.1 Å². The maximum Gasteiger partial charge on any atom is 0.129 e. The summed E-state index contributed by atoms with van der Waals surface area (Å²) in [5, 5.41) is 0. The molecule has 0 aromatic carbocycles. The SMILES string of the molecule is CN1CC(F)C(N(C)C)C1. The van der Waals surface area contributed by atoms with Gasteiger partial charge >= 0.3 is 0 Å². The van der Waals surface area contributed by atoms with Crippen LogP contribution in [0.15, 0.2) is 0 Å². The zero-order valence-electron chi connectivity index (χ0n) is 6.84. The minimum Gasteiger partial charge on any atom is -0.302 e. The lowest BCUT2D eigenvalue weighted by atomic mass is 10.2. The molecule has 0 aromatic rings. The first kappa shape index (κ1) is 7.95. The van der Waals surface area contributed by atoms with E-state index < -0.39 is 6.17 Å². The maximum absolute atomic E-state index is 13.0. The quantitative estimate of drug-likeness (QED) is 0.521. The topological polar surface area (TPSA) is 6.48 Å². The van der Waals surface area contributed by atoms with Gasteiger partial charge in [0.2, 0.25) is 0 Å². The van der Waals surface area contributed by atoms with E-state index in [-0.39, 0.29) is 6.04 Å². The van der Waals surface area contributed by atoms with Crippen LogP contribution < -0.4 is 0 Å². The Bertz CT molecular complexity index is 116. The lowest BCUT2D eigenvalue weighted by Crippen LogP contribution is -2.35. The molecule has 0 aliphatic carbocycles. The summed E-state index contributed by atoms with van der Waals surface area (Å²) in [5.74, 6) is 0. The Hall–Kier alpha value is -0.150. The summed E-state index contributed by atoms with van der Waals surface area (Å²) in [4.78, 5) is 3.98. The lowest BCUT2D eigenvalue weighted by molar-refractivity contribution is 0.202. The van der Waals surface area contributed by atoms with E-state index in [2.05, 4.69) is 0 Å². The summed E-state index contributed by atoms with van der Waals surface area (Å²) < 4.78 is 13.0. The molecule has 1 saturated heterocycles. The fraction of sp³-hybridized carbons (Fsp3) is 1.00. The molecule has 1 fully saturated rings. The van der Waals surface area contributed by atoms with Crippen LogP contribution >= 0.6 is 0 Å². The van der Waals surface area contributed by atoms with Gasteiger partial charge in [-0.25, -0.2) is 4.39 Å². The summed E-state index contributed by atoms with van der Waals surface area (Å²) in [6, 6.07) is 0.102. The molecule has 0 N–H and O–H groups in total. The zero-order valence-corrected chi connectivity index (χ0v) is 6.84. The van der Waals surface area contributed by atoms with Crippen molar-refractivity contribution in [2.45, 2.75) is 12.2 Å². The standard InChI is InChI=1S/C7H15FN2/c1-9(2)7-5-10(3)4-6(7)8/h6-7H,4-5H2,1-3H3. The normalized spacial score (nSPS) is 35.7. The Kier molecular flexibility index (Phi) is 2.26. The molecule has 2 unspecified atom stereocenters. The average molecular weight is 146 g/mol. The highest BCUT2D eigenvalue weighted by Gasteiger charge is 2.31. The van der Waals surface area contributed by atoms with Gasteiger partial charge in [0.1, 0.15) is 6.17 Å². The Labute approximate surface area is 61.6 Å². The van der Waals surface area contributed by atoms with Crippen molar-refractivity contribution < 1.29 is 4.39 Å². The number of hydrogen-bond donors (Lipinski definition) is 0. The number of rotatable bonds is 1. The van der Waals surface area contributed by atoms with Crippen LogP contribution in [0.4, 0.5) is 4.39 Å². The molecule has 0 bridgehead atoms. The van der Waals surface area contributed by atoms with Crippen molar-refractivity contribution >= 4 is 0 Å². The Morgan fingerprint density at radius 2 is 2.00 bits per heavy atom. The predicted octanol–water partition coefficient (Wildman–Crippen LogP) is 0.200. The van der Waals surface area contributed by atoms with Gasteiger partial charge in [-0.3, -0.25) is 0 Å². The number of halogens is 1. The van der Waals surface area contributed by atoms with Crippen molar-refractivity contribution in [1.82, 2.24) is 9.80 Å². The molecule has 1 aliphatic heterocycles. The number of hydrogen-bond acceptors (Lipinski definition) is 2. The van der Waals surface area contributed by atoms with E-state index in [0.29, 0.717) is 6.54 Å². The first-order chi connectivity index (χ1) is 4.61. The van der Waals surface area contributed by atoms with Gasteiger partial charge in [-0.05, 0) is 21.1 Å². The maximum atomic E-state index is 13.0. The van der Waals surface area contributed by atoms with Gasteiger partial charge in [0.15, 0.2) is 0 Å². The van der Waals surface area contributed by atoms with Gasteiger partial charge in [-0.15, -0.1) is 0 Å². The molecule has 0 saturated carbocycles. The second-order valence-electron chi connectivity index (χ2n) is 3.27. The molecule has 3 heteroatoms. The summed E-state index contributed by atoms with van der Waals surface area (Å²) in [6.45, 7) is 1.44. The van der Waals surface area contributed by atoms with Crippen LogP contribution in [0.25, 0.3) is 0 Å². The average Bonchev–Trinajstić information content (AvgIpc) is 2.10. The van der Waals surface area contributed by atoms with Crippen LogP contribution in [0, 0.1) is 0 Å². The van der Waals surface area contributed by atoms with Crippen molar-refractivity contribution in [3.8, 4) is 0 Å². The number of likely N-dealkylation sites (N-methyl/N-ethyl adjacent to an activating group) is 2. The molecule has 10 heavy (non-hydrogen) atoms. The minimum absolute atomic E-state index is 0.102. The predicted molar refractivity (Wildman–Crippen MR) is 39.9 cm³/mol. The molecule has 60 valence electrons. The van der Waals surface area contributed by atoms with E-state index in [1.165, 1.54) is 0 Å². The lowest BCUT2D eigenvalue weighted by Gasteiger charge is -2.19. The third kappa shape index (κ3) is 1.47. The van der Waals surface area contributed by atoms with E-state index >= 15 is 0 Å². The summed E-state index contributed by atoms with van der Waals surface area (Å²) in [7, 11) is 5.81. The molecule has 1 rings (SSSR count). The summed E-state index contributed by atoms with van der Waals surface area (Å²) >= 11 is 0. The monoisotopic (exact) mass is 146 g/mol. The smallest absolute Gasteiger partial charge is 0.129 e. The number of nitrogens with zero attached hydrogens (tertiary/aromatic N) is 2. The molecule has 0 spiro atoms. The van der Waals surface area contributed by atoms with E-state index in [0.717, 1.165) is 6.54 Å². The van der Waals surface area contributed by atoms with Crippen LogP contribution in [0.1, 0.15) is 0 Å². The van der Waals surface area contributed by atoms with Crippen molar-refractivity contribution in [1.29, 1.82) is 0 Å². The van der Waals surface area contributed by atoms with Crippen molar-refractivity contribution in [3.63, 3.8) is 0 Å². The second-order valence-corrected chi connectivity index (χ2v) is 3.27. The summed E-state index contributed by atoms with van der Waals surface area (Å²) in [5.41, 5.74) is 0. The minimum atomic E-state index is -0.667. The fourth-order valence-corrected chi connectivity index (χ4v) is 1.41. The van der Waals surface area contributed by atoms with Gasteiger partial charge < -0.3 is 9.80 Å². The highest BCUT2D eigenvalue weighted by atomic mass is 19.1. The molecular weight excluding hydrogens is 131 g/mol. The molecule has 1 aliphatic rings. The fourth-order valence-electron chi connectivity index (χ4n) is 1.41. The number of likely N-dealkylation sites (tertiary alicyclic amines) is 1. The summed E-state index contributed by atoms with van der Waals surface area (Å²) in [6.07, 6.45) is -0.667. The largest absolute Gasteiger partial charge is 0.302 e. The highest BCUT2D eigenvalue weighted by molar-refractivity contribution is 4.87. The van der Waals surface area contributed by atoms with E-state index in [9.17, 15) is 4.39 Å². The molecule has 2 atom stereocenters. The van der Waals surface area contributed by atoms with Crippen LogP contribution in [0.5, 0.6) is 0 Å². The van der Waals surface area contributed by atoms with Crippen LogP contribution in [-0.2, 0) is 0 Å². The van der Waals surface area contributed by atoms with Gasteiger partial charge in [-0.1, -0.05) is 0 Å². The van der Waals surface area contributed by atoms with Gasteiger partial charge in [0.25, 0.3) is 0 Å². The highest BCUT2D eigenvalue weighted by Crippen LogP contribution is 2.14. The van der Waals surface area contributed by atoms with E-state index in [1.807, 2.05) is 30.9 Å². The molecule has 1 heterocycles. The third-order valence-electron chi connectivity index (χ3n) is 2.07. The van der Waals surface area contributed by atoms with Crippen molar-refractivity contribution in [2.24, 2.45) is 0 Å².